The molecule has 5 heteroatoms. The molecule has 4 nitrogen and oxygen atoms in total. The van der Waals surface area contributed by atoms with Gasteiger partial charge in [-0.25, -0.2) is 4.79 Å². The maximum Gasteiger partial charge on any atom is 0.329 e. The fourth-order valence-electron chi connectivity index (χ4n) is 1.52. The summed E-state index contributed by atoms with van der Waals surface area (Å²) in [4.78, 5) is 26.2. The van der Waals surface area contributed by atoms with Crippen LogP contribution < -0.4 is 11.2 Å². The van der Waals surface area contributed by atoms with Crippen LogP contribution in [0.4, 0.5) is 0 Å². The van der Waals surface area contributed by atoms with Gasteiger partial charge >= 0.3 is 5.69 Å². The molecular weight excluding hydrogens is 272 g/mol. The second-order valence-corrected chi connectivity index (χ2v) is 4.24. The van der Waals surface area contributed by atoms with Gasteiger partial charge < -0.3 is 4.98 Å². The summed E-state index contributed by atoms with van der Waals surface area (Å²) in [5, 5.41) is 0.490. The Labute approximate surface area is 99.4 Å². The third kappa shape index (κ3) is 1.74. The number of fused-ring (bicyclic) bond motifs is 1. The molecule has 0 atom stereocenters. The van der Waals surface area contributed by atoms with Crippen LogP contribution in [0.1, 0.15) is 0 Å². The summed E-state index contributed by atoms with van der Waals surface area (Å²) >= 11 is 3.28. The van der Waals surface area contributed by atoms with E-state index < -0.39 is 5.69 Å². The first-order valence-electron chi connectivity index (χ1n) is 4.67. The first-order valence-corrected chi connectivity index (χ1v) is 5.46. The zero-order valence-electron chi connectivity index (χ0n) is 8.37. The van der Waals surface area contributed by atoms with Crippen molar-refractivity contribution >= 4 is 26.8 Å². The zero-order chi connectivity index (χ0) is 11.7. The lowest BCUT2D eigenvalue weighted by Crippen LogP contribution is -2.34. The van der Waals surface area contributed by atoms with Crippen molar-refractivity contribution in [2.24, 2.45) is 0 Å². The number of halogens is 1. The van der Waals surface area contributed by atoms with E-state index in [4.69, 9.17) is 0 Å². The van der Waals surface area contributed by atoms with Gasteiger partial charge in [-0.05, 0) is 18.2 Å². The van der Waals surface area contributed by atoms with E-state index >= 15 is 0 Å². The molecule has 0 fully saturated rings. The summed E-state index contributed by atoms with van der Waals surface area (Å²) in [6, 6.07) is 5.15. The summed E-state index contributed by atoms with van der Waals surface area (Å²) in [7, 11) is 0. The topological polar surface area (TPSA) is 54.9 Å². The Morgan fingerprint density at radius 3 is 2.88 bits per heavy atom. The molecule has 0 saturated heterocycles. The molecule has 0 radical (unpaired) electrons. The minimum Gasteiger partial charge on any atom is -0.307 e. The summed E-state index contributed by atoms with van der Waals surface area (Å²) in [5.74, 6) is 0. The fraction of sp³-hybridized carbons (Fsp3) is 0.0909. The number of rotatable bonds is 2. The highest BCUT2D eigenvalue weighted by atomic mass is 79.9. The molecule has 1 N–H and O–H groups in total. The van der Waals surface area contributed by atoms with Gasteiger partial charge in [0.25, 0.3) is 5.56 Å². The Morgan fingerprint density at radius 2 is 2.19 bits per heavy atom. The molecule has 16 heavy (non-hydrogen) atoms. The number of aromatic amines is 1. The maximum absolute atomic E-state index is 11.9. The van der Waals surface area contributed by atoms with Gasteiger partial charge in [-0.2, -0.15) is 0 Å². The van der Waals surface area contributed by atoms with Crippen LogP contribution in [0.15, 0.2) is 44.9 Å². The molecule has 0 amide bonds. The monoisotopic (exact) mass is 280 g/mol. The van der Waals surface area contributed by atoms with Gasteiger partial charge in [0.05, 0.1) is 10.9 Å². The second kappa shape index (κ2) is 4.09. The minimum absolute atomic E-state index is 0.209. The molecule has 0 bridgehead atoms. The molecule has 2 rings (SSSR count). The maximum atomic E-state index is 11.9. The molecular formula is C11H9BrN2O2. The molecule has 1 aromatic carbocycles. The van der Waals surface area contributed by atoms with Crippen LogP contribution in [0.3, 0.4) is 0 Å². The van der Waals surface area contributed by atoms with E-state index in [1.165, 1.54) is 6.08 Å². The van der Waals surface area contributed by atoms with Crippen molar-refractivity contribution in [2.75, 3.05) is 0 Å². The lowest BCUT2D eigenvalue weighted by molar-refractivity contribution is 0.728. The number of hydrogen-bond acceptors (Lipinski definition) is 2. The SMILES string of the molecule is C=CCn1c(=O)[nH]c2cc(Br)ccc2c1=O. The van der Waals surface area contributed by atoms with E-state index in [1.807, 2.05) is 0 Å². The lowest BCUT2D eigenvalue weighted by atomic mass is 10.2. The standard InChI is InChI=1S/C11H9BrN2O2/c1-2-5-14-10(15)8-4-3-7(12)6-9(8)13-11(14)16/h2-4,6H,1,5H2,(H,13,16). The Balaban J connectivity index is 2.89. The number of H-pyrrole nitrogens is 1. The van der Waals surface area contributed by atoms with Crippen LogP contribution in [0, 0.1) is 0 Å². The number of benzene rings is 1. The van der Waals surface area contributed by atoms with Crippen molar-refractivity contribution in [1.29, 1.82) is 0 Å². The van der Waals surface area contributed by atoms with Crippen LogP contribution in [0.5, 0.6) is 0 Å². The zero-order valence-corrected chi connectivity index (χ0v) is 9.95. The summed E-state index contributed by atoms with van der Waals surface area (Å²) in [6.07, 6.45) is 1.52. The van der Waals surface area contributed by atoms with Gasteiger partial charge in [0, 0.05) is 11.0 Å². The molecule has 1 aromatic heterocycles. The highest BCUT2D eigenvalue weighted by Crippen LogP contribution is 2.13. The normalized spacial score (nSPS) is 10.6. The molecule has 2 aromatic rings. The Bertz CT molecular complexity index is 670. The van der Waals surface area contributed by atoms with E-state index in [0.717, 1.165) is 9.04 Å². The van der Waals surface area contributed by atoms with Crippen LogP contribution in [-0.4, -0.2) is 9.55 Å². The van der Waals surface area contributed by atoms with Crippen LogP contribution in [0.25, 0.3) is 10.9 Å². The van der Waals surface area contributed by atoms with Crippen molar-refractivity contribution in [1.82, 2.24) is 9.55 Å². The van der Waals surface area contributed by atoms with Gasteiger partial charge in [0.15, 0.2) is 0 Å². The highest BCUT2D eigenvalue weighted by molar-refractivity contribution is 9.10. The molecule has 0 aliphatic rings. The second-order valence-electron chi connectivity index (χ2n) is 3.32. The van der Waals surface area contributed by atoms with Crippen molar-refractivity contribution in [2.45, 2.75) is 6.54 Å². The number of aromatic nitrogens is 2. The molecule has 82 valence electrons. The Hall–Kier alpha value is -1.62. The van der Waals surface area contributed by atoms with Crippen molar-refractivity contribution in [3.8, 4) is 0 Å². The average molecular weight is 281 g/mol. The van der Waals surface area contributed by atoms with E-state index in [1.54, 1.807) is 18.2 Å². The van der Waals surface area contributed by atoms with Crippen molar-refractivity contribution < 1.29 is 0 Å². The van der Waals surface area contributed by atoms with Gasteiger partial charge in [0.1, 0.15) is 0 Å². The largest absolute Gasteiger partial charge is 0.329 e. The molecule has 0 aliphatic carbocycles. The first kappa shape index (κ1) is 10.9. The number of hydrogen-bond donors (Lipinski definition) is 1. The molecule has 0 aliphatic heterocycles. The molecule has 0 saturated carbocycles. The van der Waals surface area contributed by atoms with Gasteiger partial charge in [0.2, 0.25) is 0 Å². The van der Waals surface area contributed by atoms with Crippen molar-refractivity contribution in [3.63, 3.8) is 0 Å². The minimum atomic E-state index is -0.421. The number of nitrogens with zero attached hydrogens (tertiary/aromatic N) is 1. The average Bonchev–Trinajstić information content (AvgIpc) is 2.23. The lowest BCUT2D eigenvalue weighted by Gasteiger charge is -2.03. The number of allylic oxidation sites excluding steroid dienone is 1. The Morgan fingerprint density at radius 1 is 1.44 bits per heavy atom. The van der Waals surface area contributed by atoms with Crippen LogP contribution in [-0.2, 0) is 6.54 Å². The summed E-state index contributed by atoms with van der Waals surface area (Å²) < 4.78 is 1.93. The van der Waals surface area contributed by atoms with E-state index in [-0.39, 0.29) is 12.1 Å². The quantitative estimate of drug-likeness (QED) is 0.851. The van der Waals surface area contributed by atoms with Crippen LogP contribution in [0.2, 0.25) is 0 Å². The van der Waals surface area contributed by atoms with Gasteiger partial charge in [-0.15, -0.1) is 6.58 Å². The predicted octanol–water partition coefficient (Wildman–Crippen LogP) is 1.64. The Kier molecular flexibility index (Phi) is 2.78. The van der Waals surface area contributed by atoms with E-state index in [2.05, 4.69) is 27.5 Å². The fourth-order valence-corrected chi connectivity index (χ4v) is 1.88. The summed E-state index contributed by atoms with van der Waals surface area (Å²) in [6.45, 7) is 3.72. The van der Waals surface area contributed by atoms with Gasteiger partial charge in [-0.3, -0.25) is 9.36 Å². The molecule has 0 unspecified atom stereocenters. The molecule has 1 heterocycles. The van der Waals surface area contributed by atoms with E-state index in [9.17, 15) is 9.59 Å². The van der Waals surface area contributed by atoms with Crippen molar-refractivity contribution in [3.05, 3.63) is 56.2 Å². The van der Waals surface area contributed by atoms with Crippen LogP contribution >= 0.6 is 15.9 Å². The smallest absolute Gasteiger partial charge is 0.307 e. The summed E-state index contributed by atoms with van der Waals surface area (Å²) in [5.41, 5.74) is -0.189. The number of nitrogens with one attached hydrogen (secondary N) is 1. The predicted molar refractivity (Wildman–Crippen MR) is 66.7 cm³/mol. The third-order valence-corrected chi connectivity index (χ3v) is 2.75. The van der Waals surface area contributed by atoms with E-state index in [0.29, 0.717) is 10.9 Å². The highest BCUT2D eigenvalue weighted by Gasteiger charge is 2.06. The third-order valence-electron chi connectivity index (χ3n) is 2.26. The molecule has 0 spiro atoms. The first-order chi connectivity index (χ1) is 7.63. The van der Waals surface area contributed by atoms with Gasteiger partial charge in [-0.1, -0.05) is 22.0 Å².